The first kappa shape index (κ1) is 16.5. The molecule has 0 spiro atoms. The van der Waals surface area contributed by atoms with Crippen LogP contribution in [0.3, 0.4) is 0 Å². The number of carbonyl (C=O) groups is 3. The van der Waals surface area contributed by atoms with Gasteiger partial charge in [0.1, 0.15) is 25.1 Å². The van der Waals surface area contributed by atoms with Gasteiger partial charge in [-0.05, 0) is 18.2 Å². The number of anilines is 1. The number of ether oxygens (including phenoxy) is 3. The molecule has 7 heteroatoms. The number of methoxy groups -OCH3 is 3. The molecule has 0 aliphatic heterocycles. The zero-order chi connectivity index (χ0) is 15.8. The summed E-state index contributed by atoms with van der Waals surface area (Å²) in [5, 5.41) is 0. The van der Waals surface area contributed by atoms with Gasteiger partial charge < -0.3 is 19.1 Å². The van der Waals surface area contributed by atoms with Gasteiger partial charge >= 0.3 is 11.9 Å². The van der Waals surface area contributed by atoms with E-state index < -0.39 is 11.9 Å². The molecule has 114 valence electrons. The summed E-state index contributed by atoms with van der Waals surface area (Å²) in [6.45, 7) is -0.301. The highest BCUT2D eigenvalue weighted by Gasteiger charge is 2.19. The molecule has 0 unspecified atom stereocenters. The number of rotatable bonds is 7. The Bertz CT molecular complexity index is 510. The maximum Gasteiger partial charge on any atom is 0.325 e. The zero-order valence-electron chi connectivity index (χ0n) is 12.1. The number of aldehydes is 1. The molecule has 0 heterocycles. The summed E-state index contributed by atoms with van der Waals surface area (Å²) in [7, 11) is 3.94. The van der Waals surface area contributed by atoms with Crippen molar-refractivity contribution in [3.63, 3.8) is 0 Å². The highest BCUT2D eigenvalue weighted by atomic mass is 16.5. The smallest absolute Gasteiger partial charge is 0.325 e. The Labute approximate surface area is 122 Å². The van der Waals surface area contributed by atoms with Gasteiger partial charge in [-0.25, -0.2) is 0 Å². The highest BCUT2D eigenvalue weighted by molar-refractivity contribution is 5.84. The Morgan fingerprint density at radius 2 is 1.67 bits per heavy atom. The molecule has 0 aromatic heterocycles. The van der Waals surface area contributed by atoms with Gasteiger partial charge in [-0.15, -0.1) is 0 Å². The molecule has 0 radical (unpaired) electrons. The van der Waals surface area contributed by atoms with Gasteiger partial charge in [-0.2, -0.15) is 0 Å². The van der Waals surface area contributed by atoms with Crippen LogP contribution in [0.15, 0.2) is 18.2 Å². The van der Waals surface area contributed by atoms with E-state index in [9.17, 15) is 14.4 Å². The van der Waals surface area contributed by atoms with Crippen LogP contribution in [0.25, 0.3) is 0 Å². The van der Waals surface area contributed by atoms with Gasteiger partial charge in [0.2, 0.25) is 0 Å². The fraction of sp³-hybridized carbons (Fsp3) is 0.357. The minimum absolute atomic E-state index is 0.150. The maximum absolute atomic E-state index is 11.5. The molecule has 0 atom stereocenters. The van der Waals surface area contributed by atoms with E-state index in [0.717, 1.165) is 0 Å². The average molecular weight is 295 g/mol. The van der Waals surface area contributed by atoms with E-state index >= 15 is 0 Å². The van der Waals surface area contributed by atoms with Crippen molar-refractivity contribution in [2.24, 2.45) is 0 Å². The summed E-state index contributed by atoms with van der Waals surface area (Å²) in [5.74, 6) is -0.659. The molecule has 0 aliphatic rings. The summed E-state index contributed by atoms with van der Waals surface area (Å²) in [5.41, 5.74) is 0.908. The topological polar surface area (TPSA) is 82.1 Å². The van der Waals surface area contributed by atoms with Crippen LogP contribution >= 0.6 is 0 Å². The normalized spacial score (nSPS) is 9.67. The van der Waals surface area contributed by atoms with Crippen molar-refractivity contribution < 1.29 is 28.6 Å². The third-order valence-electron chi connectivity index (χ3n) is 2.78. The van der Waals surface area contributed by atoms with E-state index in [2.05, 4.69) is 9.47 Å². The Morgan fingerprint density at radius 3 is 2.10 bits per heavy atom. The lowest BCUT2D eigenvalue weighted by Crippen LogP contribution is -2.35. The van der Waals surface area contributed by atoms with Crippen LogP contribution in [0.5, 0.6) is 5.75 Å². The minimum Gasteiger partial charge on any atom is -0.495 e. The van der Waals surface area contributed by atoms with Crippen molar-refractivity contribution in [1.82, 2.24) is 0 Å². The second-order valence-corrected chi connectivity index (χ2v) is 4.06. The predicted octanol–water partition coefficient (Wildman–Crippen LogP) is 0.660. The summed E-state index contributed by atoms with van der Waals surface area (Å²) < 4.78 is 14.4. The van der Waals surface area contributed by atoms with Crippen LogP contribution in [0.2, 0.25) is 0 Å². The Kier molecular flexibility index (Phi) is 6.19. The first-order valence-corrected chi connectivity index (χ1v) is 6.07. The molecule has 1 rings (SSSR count). The molecule has 0 N–H and O–H groups in total. The summed E-state index contributed by atoms with van der Waals surface area (Å²) in [4.78, 5) is 35.2. The van der Waals surface area contributed by atoms with Gasteiger partial charge in [0.15, 0.2) is 0 Å². The van der Waals surface area contributed by atoms with E-state index in [1.807, 2.05) is 0 Å². The Morgan fingerprint density at radius 1 is 1.10 bits per heavy atom. The number of carbonyl (C=O) groups excluding carboxylic acids is 3. The molecule has 21 heavy (non-hydrogen) atoms. The average Bonchev–Trinajstić information content (AvgIpc) is 2.52. The molecule has 0 aliphatic carbocycles. The van der Waals surface area contributed by atoms with Crippen LogP contribution in [0.4, 0.5) is 5.69 Å². The fourth-order valence-electron chi connectivity index (χ4n) is 1.70. The van der Waals surface area contributed by atoms with E-state index in [1.54, 1.807) is 12.1 Å². The molecule has 0 bridgehead atoms. The molecule has 0 saturated carbocycles. The van der Waals surface area contributed by atoms with Crippen LogP contribution < -0.4 is 9.64 Å². The zero-order valence-corrected chi connectivity index (χ0v) is 12.1. The first-order chi connectivity index (χ1) is 10.0. The molecular weight excluding hydrogens is 278 g/mol. The predicted molar refractivity (Wildman–Crippen MR) is 74.6 cm³/mol. The second-order valence-electron chi connectivity index (χ2n) is 4.06. The number of esters is 2. The standard InChI is InChI=1S/C14H17NO6/c1-19-12-6-10(9-16)4-5-11(12)15(7-13(17)20-2)8-14(18)21-3/h4-6,9H,7-8H2,1-3H3. The summed E-state index contributed by atoms with van der Waals surface area (Å²) >= 11 is 0. The van der Waals surface area contributed by atoms with E-state index in [-0.39, 0.29) is 13.1 Å². The molecule has 7 nitrogen and oxygen atoms in total. The Balaban J connectivity index is 3.14. The monoisotopic (exact) mass is 295 g/mol. The van der Waals surface area contributed by atoms with Crippen LogP contribution in [-0.2, 0) is 19.1 Å². The molecule has 1 aromatic carbocycles. The SMILES string of the molecule is COC(=O)CN(CC(=O)OC)c1ccc(C=O)cc1OC. The molecular formula is C14H17NO6. The first-order valence-electron chi connectivity index (χ1n) is 6.07. The number of hydrogen-bond acceptors (Lipinski definition) is 7. The highest BCUT2D eigenvalue weighted by Crippen LogP contribution is 2.29. The van der Waals surface area contributed by atoms with Crippen LogP contribution in [-0.4, -0.2) is 52.6 Å². The number of nitrogens with zero attached hydrogens (tertiary/aromatic N) is 1. The van der Waals surface area contributed by atoms with Crippen molar-refractivity contribution in [3.8, 4) is 5.75 Å². The van der Waals surface area contributed by atoms with E-state index in [0.29, 0.717) is 23.3 Å². The molecule has 0 amide bonds. The van der Waals surface area contributed by atoms with Crippen molar-refractivity contribution in [2.45, 2.75) is 0 Å². The largest absolute Gasteiger partial charge is 0.495 e. The Hall–Kier alpha value is -2.57. The molecule has 0 fully saturated rings. The van der Waals surface area contributed by atoms with Crippen molar-refractivity contribution in [1.29, 1.82) is 0 Å². The number of benzene rings is 1. The van der Waals surface area contributed by atoms with Crippen molar-refractivity contribution in [3.05, 3.63) is 23.8 Å². The van der Waals surface area contributed by atoms with Gasteiger partial charge in [-0.3, -0.25) is 14.4 Å². The van der Waals surface area contributed by atoms with Crippen LogP contribution in [0, 0.1) is 0 Å². The third-order valence-corrected chi connectivity index (χ3v) is 2.78. The molecule has 0 saturated heterocycles. The van der Waals surface area contributed by atoms with Crippen LogP contribution in [0.1, 0.15) is 10.4 Å². The lowest BCUT2D eigenvalue weighted by molar-refractivity contribution is -0.140. The quantitative estimate of drug-likeness (QED) is 0.540. The maximum atomic E-state index is 11.5. The second kappa shape index (κ2) is 7.88. The fourth-order valence-corrected chi connectivity index (χ4v) is 1.70. The number of hydrogen-bond donors (Lipinski definition) is 0. The van der Waals surface area contributed by atoms with Crippen molar-refractivity contribution in [2.75, 3.05) is 39.3 Å². The van der Waals surface area contributed by atoms with E-state index in [4.69, 9.17) is 4.74 Å². The third kappa shape index (κ3) is 4.48. The van der Waals surface area contributed by atoms with Gasteiger partial charge in [0.25, 0.3) is 0 Å². The lowest BCUT2D eigenvalue weighted by Gasteiger charge is -2.24. The van der Waals surface area contributed by atoms with Gasteiger partial charge in [0.05, 0.1) is 27.0 Å². The van der Waals surface area contributed by atoms with Gasteiger partial charge in [-0.1, -0.05) is 0 Å². The molecule has 1 aromatic rings. The summed E-state index contributed by atoms with van der Waals surface area (Å²) in [6.07, 6.45) is 0.678. The minimum atomic E-state index is -0.513. The lowest BCUT2D eigenvalue weighted by atomic mass is 10.2. The van der Waals surface area contributed by atoms with Gasteiger partial charge in [0, 0.05) is 5.56 Å². The van der Waals surface area contributed by atoms with Crippen molar-refractivity contribution >= 4 is 23.9 Å². The summed E-state index contributed by atoms with van der Waals surface area (Å²) in [6, 6.07) is 4.67. The van der Waals surface area contributed by atoms with E-state index in [1.165, 1.54) is 32.3 Å².